The van der Waals surface area contributed by atoms with Gasteiger partial charge in [0.25, 0.3) is 0 Å². The van der Waals surface area contributed by atoms with Gasteiger partial charge >= 0.3 is 0 Å². The van der Waals surface area contributed by atoms with Crippen LogP contribution in [0, 0.1) is 6.92 Å². The zero-order chi connectivity index (χ0) is 17.2. The second-order valence-corrected chi connectivity index (χ2v) is 6.63. The van der Waals surface area contributed by atoms with E-state index >= 15 is 0 Å². The first kappa shape index (κ1) is 15.8. The molecule has 4 rings (SSSR count). The quantitative estimate of drug-likeness (QED) is 0.653. The molecule has 0 fully saturated rings. The molecule has 3 aromatic rings. The van der Waals surface area contributed by atoms with Crippen LogP contribution in [0.2, 0.25) is 0 Å². The van der Waals surface area contributed by atoms with Gasteiger partial charge in [-0.3, -0.25) is 0 Å². The number of para-hydroxylation sites is 2. The van der Waals surface area contributed by atoms with Gasteiger partial charge in [0, 0.05) is 24.0 Å². The van der Waals surface area contributed by atoms with Crippen LogP contribution >= 0.6 is 0 Å². The van der Waals surface area contributed by atoms with Crippen molar-refractivity contribution in [3.63, 3.8) is 0 Å². The van der Waals surface area contributed by atoms with Crippen LogP contribution in [0.1, 0.15) is 16.7 Å². The molecule has 0 amide bonds. The van der Waals surface area contributed by atoms with Crippen LogP contribution in [0.5, 0.6) is 11.5 Å². The van der Waals surface area contributed by atoms with Crippen LogP contribution in [0.15, 0.2) is 66.7 Å². The molecule has 1 heterocycles. The summed E-state index contributed by atoms with van der Waals surface area (Å²) in [5, 5.41) is 0. The fourth-order valence-electron chi connectivity index (χ4n) is 3.52. The topological polar surface area (TPSA) is 18.5 Å². The first-order valence-corrected chi connectivity index (χ1v) is 8.72. The van der Waals surface area contributed by atoms with Crippen LogP contribution < -0.4 is 9.47 Å². The Balaban J connectivity index is 1.62. The van der Waals surface area contributed by atoms with Gasteiger partial charge in [-0.25, -0.2) is 0 Å². The molecule has 0 aromatic heterocycles. The zero-order valence-corrected chi connectivity index (χ0v) is 14.7. The molecule has 3 aromatic carbocycles. The minimum Gasteiger partial charge on any atom is -0.496 e. The molecule has 0 N–H and O–H groups in total. The summed E-state index contributed by atoms with van der Waals surface area (Å²) in [6, 6.07) is 23.2. The summed E-state index contributed by atoms with van der Waals surface area (Å²) in [5.41, 5.74) is 6.08. The molecule has 1 unspecified atom stereocenters. The van der Waals surface area contributed by atoms with Crippen molar-refractivity contribution in [3.05, 3.63) is 83.4 Å². The van der Waals surface area contributed by atoms with Crippen molar-refractivity contribution >= 4 is 0 Å². The highest BCUT2D eigenvalue weighted by Gasteiger charge is 2.26. The molecule has 0 saturated heterocycles. The van der Waals surface area contributed by atoms with E-state index in [9.17, 15) is 0 Å². The van der Waals surface area contributed by atoms with Gasteiger partial charge in [-0.15, -0.1) is 0 Å². The maximum atomic E-state index is 6.37. The van der Waals surface area contributed by atoms with E-state index in [-0.39, 0.29) is 6.10 Å². The third-order valence-electron chi connectivity index (χ3n) is 4.81. The monoisotopic (exact) mass is 330 g/mol. The first-order valence-electron chi connectivity index (χ1n) is 8.72. The second kappa shape index (κ2) is 6.64. The van der Waals surface area contributed by atoms with E-state index in [0.717, 1.165) is 35.5 Å². The minimum absolute atomic E-state index is 0.188. The Morgan fingerprint density at radius 3 is 2.48 bits per heavy atom. The van der Waals surface area contributed by atoms with Crippen LogP contribution in [0.4, 0.5) is 0 Å². The van der Waals surface area contributed by atoms with Crippen molar-refractivity contribution in [1.82, 2.24) is 0 Å². The third-order valence-corrected chi connectivity index (χ3v) is 4.81. The molecule has 0 radical (unpaired) electrons. The standard InChI is InChI=1S/C23H22O2/c1-16-10-12-17(13-11-16)14-19-15-18-6-5-8-21(23(18)25-19)20-7-3-4-9-22(20)24-2/h3-13,19H,14-15H2,1-2H3. The molecular formula is C23H22O2. The smallest absolute Gasteiger partial charge is 0.131 e. The van der Waals surface area contributed by atoms with E-state index in [1.165, 1.54) is 16.7 Å². The summed E-state index contributed by atoms with van der Waals surface area (Å²) >= 11 is 0. The molecule has 2 heteroatoms. The summed E-state index contributed by atoms with van der Waals surface area (Å²) in [6.45, 7) is 2.12. The molecule has 0 aliphatic carbocycles. The lowest BCUT2D eigenvalue weighted by Crippen LogP contribution is -2.16. The summed E-state index contributed by atoms with van der Waals surface area (Å²) in [6.07, 6.45) is 2.07. The van der Waals surface area contributed by atoms with E-state index in [1.54, 1.807) is 7.11 Å². The molecule has 1 aliphatic rings. The van der Waals surface area contributed by atoms with Crippen molar-refractivity contribution in [2.24, 2.45) is 0 Å². The SMILES string of the molecule is COc1ccccc1-c1cccc2c1OC(Cc1ccc(C)cc1)C2. The van der Waals surface area contributed by atoms with Crippen molar-refractivity contribution in [3.8, 4) is 22.6 Å². The van der Waals surface area contributed by atoms with Gasteiger partial charge in [-0.1, -0.05) is 66.2 Å². The molecule has 2 nitrogen and oxygen atoms in total. The average Bonchev–Trinajstić information content (AvgIpc) is 3.06. The normalized spacial score (nSPS) is 15.5. The number of aryl methyl sites for hydroxylation is 1. The lowest BCUT2D eigenvalue weighted by atomic mass is 9.98. The van der Waals surface area contributed by atoms with Gasteiger partial charge in [0.15, 0.2) is 0 Å². The number of rotatable bonds is 4. The van der Waals surface area contributed by atoms with Crippen molar-refractivity contribution < 1.29 is 9.47 Å². The summed E-state index contributed by atoms with van der Waals surface area (Å²) in [4.78, 5) is 0. The second-order valence-electron chi connectivity index (χ2n) is 6.63. The molecule has 126 valence electrons. The number of hydrogen-bond donors (Lipinski definition) is 0. The molecule has 0 spiro atoms. The van der Waals surface area contributed by atoms with Crippen LogP contribution in [0.25, 0.3) is 11.1 Å². The first-order chi connectivity index (χ1) is 12.2. The van der Waals surface area contributed by atoms with Crippen LogP contribution in [0.3, 0.4) is 0 Å². The molecule has 1 atom stereocenters. The molecule has 1 aliphatic heterocycles. The molecular weight excluding hydrogens is 308 g/mol. The number of ether oxygens (including phenoxy) is 2. The Morgan fingerprint density at radius 2 is 1.68 bits per heavy atom. The van der Waals surface area contributed by atoms with Gasteiger partial charge in [0.05, 0.1) is 7.11 Å². The van der Waals surface area contributed by atoms with Gasteiger partial charge in [-0.05, 0) is 24.1 Å². The number of fused-ring (bicyclic) bond motifs is 1. The van der Waals surface area contributed by atoms with Crippen LogP contribution in [-0.4, -0.2) is 13.2 Å². The minimum atomic E-state index is 0.188. The summed E-state index contributed by atoms with van der Waals surface area (Å²) in [5.74, 6) is 1.88. The zero-order valence-electron chi connectivity index (χ0n) is 14.7. The maximum Gasteiger partial charge on any atom is 0.131 e. The Morgan fingerprint density at radius 1 is 0.920 bits per heavy atom. The summed E-state index contributed by atoms with van der Waals surface area (Å²) < 4.78 is 11.9. The van der Waals surface area contributed by atoms with Crippen LogP contribution in [-0.2, 0) is 12.8 Å². The Kier molecular flexibility index (Phi) is 4.19. The van der Waals surface area contributed by atoms with Crippen molar-refractivity contribution in [2.45, 2.75) is 25.9 Å². The van der Waals surface area contributed by atoms with E-state index < -0.39 is 0 Å². The predicted molar refractivity (Wildman–Crippen MR) is 101 cm³/mol. The number of methoxy groups -OCH3 is 1. The van der Waals surface area contributed by atoms with Gasteiger partial charge in [-0.2, -0.15) is 0 Å². The Bertz CT molecular complexity index is 881. The average molecular weight is 330 g/mol. The van der Waals surface area contributed by atoms with Gasteiger partial charge < -0.3 is 9.47 Å². The highest BCUT2D eigenvalue weighted by atomic mass is 16.5. The number of hydrogen-bond acceptors (Lipinski definition) is 2. The van der Waals surface area contributed by atoms with E-state index in [2.05, 4.69) is 55.5 Å². The molecule has 25 heavy (non-hydrogen) atoms. The largest absolute Gasteiger partial charge is 0.496 e. The fraction of sp³-hybridized carbons (Fsp3) is 0.217. The molecule has 0 bridgehead atoms. The van der Waals surface area contributed by atoms with Crippen molar-refractivity contribution in [1.29, 1.82) is 0 Å². The van der Waals surface area contributed by atoms with Gasteiger partial charge in [0.2, 0.25) is 0 Å². The van der Waals surface area contributed by atoms with E-state index in [4.69, 9.17) is 9.47 Å². The highest BCUT2D eigenvalue weighted by molar-refractivity contribution is 5.77. The van der Waals surface area contributed by atoms with Gasteiger partial charge in [0.1, 0.15) is 17.6 Å². The lowest BCUT2D eigenvalue weighted by Gasteiger charge is -2.14. The maximum absolute atomic E-state index is 6.37. The fourth-order valence-corrected chi connectivity index (χ4v) is 3.52. The van der Waals surface area contributed by atoms with E-state index in [0.29, 0.717) is 0 Å². The lowest BCUT2D eigenvalue weighted by molar-refractivity contribution is 0.234. The Hall–Kier alpha value is -2.74. The third kappa shape index (κ3) is 3.12. The Labute approximate surface area is 149 Å². The predicted octanol–water partition coefficient (Wildman–Crippen LogP) is 5.22. The highest BCUT2D eigenvalue weighted by Crippen LogP contribution is 2.42. The molecule has 0 saturated carbocycles. The van der Waals surface area contributed by atoms with Crippen molar-refractivity contribution in [2.75, 3.05) is 7.11 Å². The summed E-state index contributed by atoms with van der Waals surface area (Å²) in [7, 11) is 1.71. The van der Waals surface area contributed by atoms with E-state index in [1.807, 2.05) is 18.2 Å². The number of benzene rings is 3.